The van der Waals surface area contributed by atoms with Crippen LogP contribution in [0, 0.1) is 0 Å². The highest BCUT2D eigenvalue weighted by Gasteiger charge is 2.21. The van der Waals surface area contributed by atoms with Crippen LogP contribution in [0.1, 0.15) is 25.3 Å². The zero-order valence-corrected chi connectivity index (χ0v) is 13.0. The van der Waals surface area contributed by atoms with Crippen LogP contribution in [0.2, 0.25) is 0 Å². The van der Waals surface area contributed by atoms with E-state index >= 15 is 0 Å². The molecule has 5 nitrogen and oxygen atoms in total. The summed E-state index contributed by atoms with van der Waals surface area (Å²) in [7, 11) is 3.00. The molecule has 0 fully saturated rings. The lowest BCUT2D eigenvalue weighted by molar-refractivity contribution is 0.0415. The van der Waals surface area contributed by atoms with Crippen molar-refractivity contribution in [1.29, 1.82) is 0 Å². The summed E-state index contributed by atoms with van der Waals surface area (Å²) in [6.45, 7) is 3.13. The zero-order valence-electron chi connectivity index (χ0n) is 13.0. The van der Waals surface area contributed by atoms with E-state index in [0.717, 1.165) is 12.0 Å². The molecule has 0 saturated carbocycles. The van der Waals surface area contributed by atoms with E-state index in [2.05, 4.69) is 10.1 Å². The van der Waals surface area contributed by atoms with Crippen molar-refractivity contribution >= 4 is 6.09 Å². The third-order valence-electron chi connectivity index (χ3n) is 3.33. The second-order valence-electron chi connectivity index (χ2n) is 4.75. The van der Waals surface area contributed by atoms with Gasteiger partial charge in [-0.25, -0.2) is 4.79 Å². The maximum absolute atomic E-state index is 11.4. The lowest BCUT2D eigenvalue weighted by atomic mass is 10.1. The summed E-state index contributed by atoms with van der Waals surface area (Å²) in [6.07, 6.45) is 0.987. The summed E-state index contributed by atoms with van der Waals surface area (Å²) in [5, 5.41) is 2.80. The summed E-state index contributed by atoms with van der Waals surface area (Å²) in [4.78, 5) is 11.4. The van der Waals surface area contributed by atoms with E-state index in [-0.39, 0.29) is 12.1 Å². The molecule has 1 amide bonds. The molecule has 118 valence electrons. The van der Waals surface area contributed by atoms with E-state index < -0.39 is 6.09 Å². The first kappa shape index (κ1) is 17.5. The molecule has 0 radical (unpaired) electrons. The van der Waals surface area contributed by atoms with Gasteiger partial charge in [0.25, 0.3) is 0 Å². The lowest BCUT2D eigenvalue weighted by Gasteiger charge is -2.25. The lowest BCUT2D eigenvalue weighted by Crippen LogP contribution is -2.44. The van der Waals surface area contributed by atoms with E-state index in [1.165, 1.54) is 7.11 Å². The maximum Gasteiger partial charge on any atom is 0.407 e. The smallest absolute Gasteiger partial charge is 0.407 e. The topological polar surface area (TPSA) is 56.8 Å². The molecular formula is C16H25NO4. The number of rotatable bonds is 9. The highest BCUT2D eigenvalue weighted by atomic mass is 16.5. The molecule has 0 aliphatic carbocycles. The SMILES string of the molecule is CC[C@@H](OC)[C@@H](CCOCc1ccccc1)NC(=O)OC. The molecule has 1 N–H and O–H groups in total. The highest BCUT2D eigenvalue weighted by Crippen LogP contribution is 2.09. The number of carbonyl (C=O) groups is 1. The van der Waals surface area contributed by atoms with Gasteiger partial charge in [-0.15, -0.1) is 0 Å². The predicted octanol–water partition coefficient (Wildman–Crippen LogP) is 2.74. The van der Waals surface area contributed by atoms with Crippen molar-refractivity contribution < 1.29 is 19.0 Å². The first-order valence-electron chi connectivity index (χ1n) is 7.20. The summed E-state index contributed by atoms with van der Waals surface area (Å²) in [6, 6.07) is 9.87. The number of alkyl carbamates (subject to hydrolysis) is 1. The summed E-state index contributed by atoms with van der Waals surface area (Å²) in [5.74, 6) is 0. The molecule has 0 bridgehead atoms. The fourth-order valence-corrected chi connectivity index (χ4v) is 2.15. The molecule has 0 aromatic heterocycles. The standard InChI is InChI=1S/C16H25NO4/c1-4-15(19-2)14(17-16(18)20-3)10-11-21-12-13-8-6-5-7-9-13/h5-9,14-15H,4,10-12H2,1-3H3,(H,17,18)/t14-,15-/m1/s1. The fourth-order valence-electron chi connectivity index (χ4n) is 2.15. The third kappa shape index (κ3) is 6.60. The van der Waals surface area contributed by atoms with Gasteiger partial charge in [0.15, 0.2) is 0 Å². The van der Waals surface area contributed by atoms with Gasteiger partial charge in [0.1, 0.15) is 0 Å². The minimum Gasteiger partial charge on any atom is -0.453 e. The Labute approximate surface area is 126 Å². The van der Waals surface area contributed by atoms with Gasteiger partial charge in [0.05, 0.1) is 25.9 Å². The van der Waals surface area contributed by atoms with Crippen LogP contribution < -0.4 is 5.32 Å². The van der Waals surface area contributed by atoms with Crippen LogP contribution in [-0.2, 0) is 20.8 Å². The molecule has 0 unspecified atom stereocenters. The molecule has 1 rings (SSSR count). The van der Waals surface area contributed by atoms with Crippen molar-refractivity contribution in [2.75, 3.05) is 20.8 Å². The van der Waals surface area contributed by atoms with Gasteiger partial charge in [-0.3, -0.25) is 0 Å². The van der Waals surface area contributed by atoms with E-state index in [9.17, 15) is 4.79 Å². The number of amides is 1. The number of hydrogen-bond donors (Lipinski definition) is 1. The molecular weight excluding hydrogens is 270 g/mol. The zero-order chi connectivity index (χ0) is 15.5. The van der Waals surface area contributed by atoms with Crippen LogP contribution in [0.3, 0.4) is 0 Å². The van der Waals surface area contributed by atoms with Crippen LogP contribution in [0.4, 0.5) is 4.79 Å². The van der Waals surface area contributed by atoms with Gasteiger partial charge in [0.2, 0.25) is 0 Å². The van der Waals surface area contributed by atoms with E-state index in [1.54, 1.807) is 7.11 Å². The van der Waals surface area contributed by atoms with Crippen LogP contribution in [0.25, 0.3) is 0 Å². The summed E-state index contributed by atoms with van der Waals surface area (Å²) >= 11 is 0. The number of carbonyl (C=O) groups excluding carboxylic acids is 1. The Morgan fingerprint density at radius 1 is 1.24 bits per heavy atom. The van der Waals surface area contributed by atoms with Crippen LogP contribution in [0.15, 0.2) is 30.3 Å². The molecule has 2 atom stereocenters. The van der Waals surface area contributed by atoms with Gasteiger partial charge in [-0.1, -0.05) is 37.3 Å². The first-order valence-corrected chi connectivity index (χ1v) is 7.20. The Morgan fingerprint density at radius 3 is 2.52 bits per heavy atom. The molecule has 5 heteroatoms. The van der Waals surface area contributed by atoms with Crippen molar-refractivity contribution in [3.63, 3.8) is 0 Å². The molecule has 1 aromatic rings. The average Bonchev–Trinajstić information content (AvgIpc) is 2.53. The first-order chi connectivity index (χ1) is 10.2. The normalized spacial score (nSPS) is 13.5. The molecule has 0 heterocycles. The van der Waals surface area contributed by atoms with Gasteiger partial charge in [0, 0.05) is 13.7 Å². The number of methoxy groups -OCH3 is 2. The highest BCUT2D eigenvalue weighted by molar-refractivity contribution is 5.67. The monoisotopic (exact) mass is 295 g/mol. The van der Waals surface area contributed by atoms with Crippen molar-refractivity contribution in [2.24, 2.45) is 0 Å². The number of nitrogens with one attached hydrogen (secondary N) is 1. The second kappa shape index (κ2) is 10.2. The second-order valence-corrected chi connectivity index (χ2v) is 4.75. The van der Waals surface area contributed by atoms with E-state index in [4.69, 9.17) is 9.47 Å². The quantitative estimate of drug-likeness (QED) is 0.712. The van der Waals surface area contributed by atoms with E-state index in [1.807, 2.05) is 37.3 Å². The minimum atomic E-state index is -0.446. The molecule has 0 aliphatic heterocycles. The van der Waals surface area contributed by atoms with Gasteiger partial charge in [-0.2, -0.15) is 0 Å². The summed E-state index contributed by atoms with van der Waals surface area (Å²) < 4.78 is 15.7. The van der Waals surface area contributed by atoms with Crippen LogP contribution in [0.5, 0.6) is 0 Å². The van der Waals surface area contributed by atoms with Crippen molar-refractivity contribution in [3.05, 3.63) is 35.9 Å². The molecule has 1 aromatic carbocycles. The number of ether oxygens (including phenoxy) is 3. The Bertz CT molecular complexity index is 393. The predicted molar refractivity (Wildman–Crippen MR) is 81.1 cm³/mol. The Balaban J connectivity index is 2.39. The Morgan fingerprint density at radius 2 is 1.95 bits per heavy atom. The van der Waals surface area contributed by atoms with Crippen molar-refractivity contribution in [1.82, 2.24) is 5.32 Å². The molecule has 0 aliphatic rings. The van der Waals surface area contributed by atoms with E-state index in [0.29, 0.717) is 19.6 Å². The average molecular weight is 295 g/mol. The van der Waals surface area contributed by atoms with Gasteiger partial charge < -0.3 is 19.5 Å². The van der Waals surface area contributed by atoms with Crippen molar-refractivity contribution in [3.8, 4) is 0 Å². The fraction of sp³-hybridized carbons (Fsp3) is 0.562. The molecule has 0 saturated heterocycles. The third-order valence-corrected chi connectivity index (χ3v) is 3.33. The largest absolute Gasteiger partial charge is 0.453 e. The molecule has 0 spiro atoms. The summed E-state index contributed by atoms with van der Waals surface area (Å²) in [5.41, 5.74) is 1.13. The van der Waals surface area contributed by atoms with Crippen molar-refractivity contribution in [2.45, 2.75) is 38.5 Å². The number of hydrogen-bond acceptors (Lipinski definition) is 4. The number of benzene rings is 1. The minimum absolute atomic E-state index is 0.0515. The van der Waals surface area contributed by atoms with Gasteiger partial charge in [-0.05, 0) is 18.4 Å². The van der Waals surface area contributed by atoms with Crippen LogP contribution in [-0.4, -0.2) is 39.1 Å². The van der Waals surface area contributed by atoms with Gasteiger partial charge >= 0.3 is 6.09 Å². The maximum atomic E-state index is 11.4. The Kier molecular flexibility index (Phi) is 8.47. The van der Waals surface area contributed by atoms with Crippen LogP contribution >= 0.6 is 0 Å². The molecule has 21 heavy (non-hydrogen) atoms. The Hall–Kier alpha value is -1.59.